The van der Waals surface area contributed by atoms with Crippen LogP contribution in [0.5, 0.6) is 5.75 Å². The third kappa shape index (κ3) is 3.47. The van der Waals surface area contributed by atoms with E-state index in [0.717, 1.165) is 16.8 Å². The minimum atomic E-state index is -0.300. The molecule has 0 radical (unpaired) electrons. The zero-order chi connectivity index (χ0) is 15.6. The Hall–Kier alpha value is -1.75. The van der Waals surface area contributed by atoms with Crippen molar-refractivity contribution in [2.45, 2.75) is 52.9 Å². The normalized spacial score (nSPS) is 12.3. The summed E-state index contributed by atoms with van der Waals surface area (Å²) < 4.78 is 13.6. The first-order valence-corrected chi connectivity index (χ1v) is 7.39. The lowest BCUT2D eigenvalue weighted by Crippen LogP contribution is -2.31. The molecule has 116 valence electrons. The van der Waals surface area contributed by atoms with Crippen molar-refractivity contribution >= 4 is 17.0 Å². The van der Waals surface area contributed by atoms with Crippen molar-refractivity contribution in [3.63, 3.8) is 0 Å². The van der Waals surface area contributed by atoms with E-state index in [9.17, 15) is 0 Å². The molecule has 1 aromatic carbocycles. The SMILES string of the molecule is CCOC(C)(C)Cn1c(N)nc2c(OC(C)C)cccc21. The summed E-state index contributed by atoms with van der Waals surface area (Å²) in [6.45, 7) is 11.4. The zero-order valence-electron chi connectivity index (χ0n) is 13.5. The van der Waals surface area contributed by atoms with Gasteiger partial charge < -0.3 is 19.8 Å². The van der Waals surface area contributed by atoms with E-state index in [1.807, 2.05) is 43.5 Å². The van der Waals surface area contributed by atoms with Crippen LogP contribution in [-0.4, -0.2) is 27.9 Å². The number of imidazole rings is 1. The van der Waals surface area contributed by atoms with E-state index in [-0.39, 0.29) is 11.7 Å². The Morgan fingerprint density at radius 3 is 2.67 bits per heavy atom. The zero-order valence-corrected chi connectivity index (χ0v) is 13.5. The summed E-state index contributed by atoms with van der Waals surface area (Å²) in [4.78, 5) is 4.47. The first-order chi connectivity index (χ1) is 9.84. The van der Waals surface area contributed by atoms with Gasteiger partial charge in [0.05, 0.1) is 23.8 Å². The third-order valence-electron chi connectivity index (χ3n) is 3.21. The van der Waals surface area contributed by atoms with Gasteiger partial charge in [0.1, 0.15) is 11.3 Å². The molecule has 1 heterocycles. The lowest BCUT2D eigenvalue weighted by molar-refractivity contribution is -0.0212. The summed E-state index contributed by atoms with van der Waals surface area (Å²) in [6.07, 6.45) is 0.0989. The summed E-state index contributed by atoms with van der Waals surface area (Å²) in [6, 6.07) is 5.89. The van der Waals surface area contributed by atoms with Crippen molar-refractivity contribution in [3.05, 3.63) is 18.2 Å². The molecule has 21 heavy (non-hydrogen) atoms. The monoisotopic (exact) mass is 291 g/mol. The second-order valence-electron chi connectivity index (χ2n) is 6.04. The Kier molecular flexibility index (Phi) is 4.42. The topological polar surface area (TPSA) is 62.3 Å². The van der Waals surface area contributed by atoms with Crippen LogP contribution in [0.3, 0.4) is 0 Å². The Bertz CT molecular complexity index is 617. The fraction of sp³-hybridized carbons (Fsp3) is 0.562. The molecule has 2 N–H and O–H groups in total. The molecule has 1 aromatic heterocycles. The number of anilines is 1. The molecule has 0 unspecified atom stereocenters. The van der Waals surface area contributed by atoms with Crippen LogP contribution in [0.4, 0.5) is 5.95 Å². The van der Waals surface area contributed by atoms with E-state index in [4.69, 9.17) is 15.2 Å². The molecular formula is C16H25N3O2. The van der Waals surface area contributed by atoms with Crippen molar-refractivity contribution in [3.8, 4) is 5.75 Å². The number of nitrogens with two attached hydrogens (primary N) is 1. The van der Waals surface area contributed by atoms with Crippen LogP contribution in [0.15, 0.2) is 18.2 Å². The summed E-state index contributed by atoms with van der Waals surface area (Å²) in [5.74, 6) is 1.25. The number of nitrogen functional groups attached to an aromatic ring is 1. The van der Waals surface area contributed by atoms with Crippen LogP contribution < -0.4 is 10.5 Å². The highest BCUT2D eigenvalue weighted by Gasteiger charge is 2.22. The van der Waals surface area contributed by atoms with Gasteiger partial charge in [-0.3, -0.25) is 0 Å². The fourth-order valence-corrected chi connectivity index (χ4v) is 2.47. The molecule has 0 amide bonds. The maximum Gasteiger partial charge on any atom is 0.201 e. The van der Waals surface area contributed by atoms with E-state index < -0.39 is 0 Å². The molecule has 0 bridgehead atoms. The van der Waals surface area contributed by atoms with E-state index in [0.29, 0.717) is 19.1 Å². The van der Waals surface area contributed by atoms with Gasteiger partial charge in [0, 0.05) is 6.61 Å². The molecule has 2 aromatic rings. The Morgan fingerprint density at radius 1 is 1.33 bits per heavy atom. The summed E-state index contributed by atoms with van der Waals surface area (Å²) in [5.41, 5.74) is 7.57. The first-order valence-electron chi connectivity index (χ1n) is 7.39. The van der Waals surface area contributed by atoms with Gasteiger partial charge >= 0.3 is 0 Å². The summed E-state index contributed by atoms with van der Waals surface area (Å²) in [5, 5.41) is 0. The van der Waals surface area contributed by atoms with E-state index >= 15 is 0 Å². The number of nitrogens with zero attached hydrogens (tertiary/aromatic N) is 2. The summed E-state index contributed by atoms with van der Waals surface area (Å²) in [7, 11) is 0. The Morgan fingerprint density at radius 2 is 2.05 bits per heavy atom. The molecule has 0 aliphatic heterocycles. The molecular weight excluding hydrogens is 266 g/mol. The number of benzene rings is 1. The summed E-state index contributed by atoms with van der Waals surface area (Å²) >= 11 is 0. The van der Waals surface area contributed by atoms with Crippen LogP contribution >= 0.6 is 0 Å². The number of para-hydroxylation sites is 1. The molecule has 0 aliphatic carbocycles. The molecule has 0 atom stereocenters. The lowest BCUT2D eigenvalue weighted by Gasteiger charge is -2.25. The molecule has 5 heteroatoms. The van der Waals surface area contributed by atoms with Crippen LogP contribution in [-0.2, 0) is 11.3 Å². The first kappa shape index (κ1) is 15.6. The Labute approximate surface area is 126 Å². The van der Waals surface area contributed by atoms with Crippen molar-refractivity contribution in [1.29, 1.82) is 0 Å². The predicted octanol–water partition coefficient (Wildman–Crippen LogP) is 3.22. The van der Waals surface area contributed by atoms with Crippen LogP contribution in [0.25, 0.3) is 11.0 Å². The largest absolute Gasteiger partial charge is 0.489 e. The van der Waals surface area contributed by atoms with E-state index in [2.05, 4.69) is 18.8 Å². The van der Waals surface area contributed by atoms with Gasteiger partial charge in [0.15, 0.2) is 0 Å². The minimum Gasteiger partial charge on any atom is -0.489 e. The van der Waals surface area contributed by atoms with Gasteiger partial charge in [-0.15, -0.1) is 0 Å². The van der Waals surface area contributed by atoms with E-state index in [1.165, 1.54) is 0 Å². The molecule has 0 aliphatic rings. The van der Waals surface area contributed by atoms with Crippen molar-refractivity contribution in [1.82, 2.24) is 9.55 Å². The van der Waals surface area contributed by atoms with Gasteiger partial charge in [0.25, 0.3) is 0 Å². The van der Waals surface area contributed by atoms with Crippen LogP contribution in [0.2, 0.25) is 0 Å². The van der Waals surface area contributed by atoms with Crippen molar-refractivity contribution in [2.75, 3.05) is 12.3 Å². The number of ether oxygens (including phenoxy) is 2. The molecule has 0 saturated carbocycles. The highest BCUT2D eigenvalue weighted by Crippen LogP contribution is 2.29. The third-order valence-corrected chi connectivity index (χ3v) is 3.21. The smallest absolute Gasteiger partial charge is 0.201 e. The second-order valence-corrected chi connectivity index (χ2v) is 6.04. The Balaban J connectivity index is 2.44. The number of hydrogen-bond acceptors (Lipinski definition) is 4. The maximum absolute atomic E-state index is 6.10. The lowest BCUT2D eigenvalue weighted by atomic mass is 10.1. The van der Waals surface area contributed by atoms with Gasteiger partial charge in [-0.2, -0.15) is 0 Å². The van der Waals surface area contributed by atoms with Crippen LogP contribution in [0.1, 0.15) is 34.6 Å². The fourth-order valence-electron chi connectivity index (χ4n) is 2.47. The number of aromatic nitrogens is 2. The van der Waals surface area contributed by atoms with Crippen LogP contribution in [0, 0.1) is 0 Å². The minimum absolute atomic E-state index is 0.0989. The highest BCUT2D eigenvalue weighted by atomic mass is 16.5. The number of hydrogen-bond donors (Lipinski definition) is 1. The maximum atomic E-state index is 6.10. The molecule has 5 nitrogen and oxygen atoms in total. The van der Waals surface area contributed by atoms with Gasteiger partial charge in [-0.05, 0) is 46.8 Å². The van der Waals surface area contributed by atoms with Gasteiger partial charge in [0.2, 0.25) is 5.95 Å². The van der Waals surface area contributed by atoms with Crippen molar-refractivity contribution < 1.29 is 9.47 Å². The highest BCUT2D eigenvalue weighted by molar-refractivity contribution is 5.84. The quantitative estimate of drug-likeness (QED) is 0.887. The molecule has 0 saturated heterocycles. The molecule has 0 fully saturated rings. The van der Waals surface area contributed by atoms with E-state index in [1.54, 1.807) is 0 Å². The van der Waals surface area contributed by atoms with Gasteiger partial charge in [-0.1, -0.05) is 6.07 Å². The average molecular weight is 291 g/mol. The van der Waals surface area contributed by atoms with Crippen molar-refractivity contribution in [2.24, 2.45) is 0 Å². The van der Waals surface area contributed by atoms with Gasteiger partial charge in [-0.25, -0.2) is 4.98 Å². The second kappa shape index (κ2) is 5.93. The number of fused-ring (bicyclic) bond motifs is 1. The molecule has 0 spiro atoms. The predicted molar refractivity (Wildman–Crippen MR) is 85.6 cm³/mol. The number of rotatable bonds is 6. The molecule has 2 rings (SSSR count). The average Bonchev–Trinajstić information content (AvgIpc) is 2.66. The standard InChI is InChI=1S/C16H25N3O2/c1-6-20-16(4,5)10-19-12-8-7-9-13(21-11(2)3)14(12)18-15(19)17/h7-9,11H,6,10H2,1-5H3,(H2,17,18).